The summed E-state index contributed by atoms with van der Waals surface area (Å²) in [7, 11) is 1.97. The van der Waals surface area contributed by atoms with E-state index in [0.717, 1.165) is 5.56 Å². The molecule has 162 valence electrons. The summed E-state index contributed by atoms with van der Waals surface area (Å²) in [5.41, 5.74) is 3.73. The van der Waals surface area contributed by atoms with Crippen molar-refractivity contribution in [1.82, 2.24) is 4.90 Å². The molecule has 5 rings (SSSR count). The SMILES string of the molecule is Cc1cc(O)c(CN(C)Cc2ccccc2)c2c1C(=O)/C(=C/c1ccc3c(c1)OCO3)O2. The van der Waals surface area contributed by atoms with Gasteiger partial charge in [0.2, 0.25) is 12.6 Å². The second kappa shape index (κ2) is 8.05. The van der Waals surface area contributed by atoms with Crippen LogP contribution >= 0.6 is 0 Å². The Morgan fingerprint density at radius 3 is 2.62 bits per heavy atom. The van der Waals surface area contributed by atoms with Crippen molar-refractivity contribution in [3.8, 4) is 23.0 Å². The van der Waals surface area contributed by atoms with Gasteiger partial charge in [0, 0.05) is 13.1 Å². The second-order valence-electron chi connectivity index (χ2n) is 8.11. The van der Waals surface area contributed by atoms with E-state index in [1.807, 2.05) is 43.4 Å². The average molecular weight is 429 g/mol. The molecular formula is C26H23NO5. The third-order valence-corrected chi connectivity index (χ3v) is 5.64. The Balaban J connectivity index is 1.44. The van der Waals surface area contributed by atoms with E-state index < -0.39 is 0 Å². The van der Waals surface area contributed by atoms with Crippen LogP contribution in [0.25, 0.3) is 6.08 Å². The number of carbonyl (C=O) groups is 1. The number of hydrogen-bond acceptors (Lipinski definition) is 6. The Labute approximate surface area is 186 Å². The number of allylic oxidation sites excluding steroid dienone is 1. The predicted molar refractivity (Wildman–Crippen MR) is 120 cm³/mol. The van der Waals surface area contributed by atoms with Crippen LogP contribution in [0, 0.1) is 6.92 Å². The van der Waals surface area contributed by atoms with E-state index >= 15 is 0 Å². The number of carbonyl (C=O) groups excluding carboxylic acids is 1. The van der Waals surface area contributed by atoms with Gasteiger partial charge >= 0.3 is 0 Å². The zero-order valence-corrected chi connectivity index (χ0v) is 17.9. The Kier molecular flexibility index (Phi) is 5.07. The maximum atomic E-state index is 13.2. The van der Waals surface area contributed by atoms with Crippen molar-refractivity contribution in [3.05, 3.63) is 88.2 Å². The van der Waals surface area contributed by atoms with Gasteiger partial charge in [0.15, 0.2) is 17.3 Å². The number of ketones is 1. The Hall–Kier alpha value is -3.77. The highest BCUT2D eigenvalue weighted by atomic mass is 16.7. The molecule has 6 nitrogen and oxygen atoms in total. The third kappa shape index (κ3) is 3.69. The fraction of sp³-hybridized carbons (Fsp3) is 0.192. The average Bonchev–Trinajstić information content (AvgIpc) is 3.36. The highest BCUT2D eigenvalue weighted by Gasteiger charge is 2.33. The molecule has 0 amide bonds. The van der Waals surface area contributed by atoms with Gasteiger partial charge in [0.1, 0.15) is 11.5 Å². The zero-order chi connectivity index (χ0) is 22.2. The molecule has 6 heteroatoms. The van der Waals surface area contributed by atoms with E-state index in [2.05, 4.69) is 17.0 Å². The van der Waals surface area contributed by atoms with Crippen molar-refractivity contribution in [2.75, 3.05) is 13.8 Å². The summed E-state index contributed by atoms with van der Waals surface area (Å²) in [4.78, 5) is 15.2. The lowest BCUT2D eigenvalue weighted by molar-refractivity contribution is 0.101. The third-order valence-electron chi connectivity index (χ3n) is 5.64. The molecule has 2 aliphatic rings. The Morgan fingerprint density at radius 2 is 1.81 bits per heavy atom. The number of phenolic OH excluding ortho intramolecular Hbond substituents is 1. The van der Waals surface area contributed by atoms with E-state index in [-0.39, 0.29) is 24.1 Å². The number of rotatable bonds is 5. The predicted octanol–water partition coefficient (Wildman–Crippen LogP) is 4.68. The van der Waals surface area contributed by atoms with E-state index in [1.54, 1.807) is 19.1 Å². The summed E-state index contributed by atoms with van der Waals surface area (Å²) in [6.07, 6.45) is 1.69. The number of aromatic hydroxyl groups is 1. The molecule has 3 aromatic carbocycles. The van der Waals surface area contributed by atoms with Crippen LogP contribution in [0.3, 0.4) is 0 Å². The van der Waals surface area contributed by atoms with Crippen LogP contribution in [0.1, 0.15) is 32.6 Å². The lowest BCUT2D eigenvalue weighted by atomic mass is 9.99. The first-order valence-electron chi connectivity index (χ1n) is 10.4. The van der Waals surface area contributed by atoms with Gasteiger partial charge in [-0.2, -0.15) is 0 Å². The molecule has 0 radical (unpaired) electrons. The molecule has 0 bridgehead atoms. The maximum absolute atomic E-state index is 13.2. The number of phenols is 1. The van der Waals surface area contributed by atoms with Crippen LogP contribution in [-0.2, 0) is 13.1 Å². The summed E-state index contributed by atoms with van der Waals surface area (Å²) in [5.74, 6) is 1.90. The minimum atomic E-state index is -0.192. The number of aryl methyl sites for hydroxylation is 1. The van der Waals surface area contributed by atoms with Crippen LogP contribution in [0.5, 0.6) is 23.0 Å². The standard InChI is InChI=1S/C26H23NO5/c1-16-10-20(28)19(14-27(2)13-17-6-4-3-5-7-17)26-24(16)25(29)23(32-26)12-18-8-9-21-22(11-18)31-15-30-21/h3-12,28H,13-15H2,1-2H3/b23-12-. The summed E-state index contributed by atoms with van der Waals surface area (Å²) >= 11 is 0. The fourth-order valence-corrected chi connectivity index (χ4v) is 4.11. The van der Waals surface area contributed by atoms with Gasteiger partial charge < -0.3 is 19.3 Å². The van der Waals surface area contributed by atoms with Crippen molar-refractivity contribution in [1.29, 1.82) is 0 Å². The Morgan fingerprint density at radius 1 is 1.03 bits per heavy atom. The molecule has 0 atom stereocenters. The minimum absolute atomic E-state index is 0.123. The van der Waals surface area contributed by atoms with Gasteiger partial charge in [-0.3, -0.25) is 9.69 Å². The van der Waals surface area contributed by atoms with Crippen LogP contribution in [-0.4, -0.2) is 29.6 Å². The molecule has 0 aliphatic carbocycles. The number of ether oxygens (including phenoxy) is 3. The first-order chi connectivity index (χ1) is 15.5. The van der Waals surface area contributed by atoms with Crippen molar-refractivity contribution in [2.24, 2.45) is 0 Å². The molecule has 0 saturated heterocycles. The molecule has 2 heterocycles. The first kappa shape index (κ1) is 20.2. The smallest absolute Gasteiger partial charge is 0.232 e. The van der Waals surface area contributed by atoms with Gasteiger partial charge in [0.05, 0.1) is 11.1 Å². The molecular weight excluding hydrogens is 406 g/mol. The second-order valence-corrected chi connectivity index (χ2v) is 8.11. The van der Waals surface area contributed by atoms with Crippen LogP contribution < -0.4 is 14.2 Å². The molecule has 0 spiro atoms. The number of hydrogen-bond donors (Lipinski definition) is 1. The molecule has 0 aromatic heterocycles. The summed E-state index contributed by atoms with van der Waals surface area (Å²) in [5, 5.41) is 10.7. The maximum Gasteiger partial charge on any atom is 0.232 e. The quantitative estimate of drug-likeness (QED) is 0.594. The molecule has 3 aromatic rings. The first-order valence-corrected chi connectivity index (χ1v) is 10.4. The van der Waals surface area contributed by atoms with Gasteiger partial charge in [-0.05, 0) is 54.9 Å². The number of Topliss-reactive ketones (excluding diaryl/α,β-unsaturated/α-hetero) is 1. The van der Waals surface area contributed by atoms with Crippen molar-refractivity contribution < 1.29 is 24.1 Å². The molecule has 32 heavy (non-hydrogen) atoms. The Bertz CT molecular complexity index is 1230. The van der Waals surface area contributed by atoms with Gasteiger partial charge in [-0.25, -0.2) is 0 Å². The molecule has 0 saturated carbocycles. The monoisotopic (exact) mass is 429 g/mol. The van der Waals surface area contributed by atoms with Crippen LogP contribution in [0.2, 0.25) is 0 Å². The zero-order valence-electron chi connectivity index (χ0n) is 17.9. The molecule has 0 unspecified atom stereocenters. The summed E-state index contributed by atoms with van der Waals surface area (Å²) in [6.45, 7) is 3.14. The van der Waals surface area contributed by atoms with E-state index in [4.69, 9.17) is 14.2 Å². The van der Waals surface area contributed by atoms with Crippen molar-refractivity contribution in [2.45, 2.75) is 20.0 Å². The molecule has 1 N–H and O–H groups in total. The highest BCUT2D eigenvalue weighted by molar-refractivity contribution is 6.15. The fourth-order valence-electron chi connectivity index (χ4n) is 4.11. The van der Waals surface area contributed by atoms with Crippen LogP contribution in [0.4, 0.5) is 0 Å². The van der Waals surface area contributed by atoms with E-state index in [1.165, 1.54) is 5.56 Å². The lowest BCUT2D eigenvalue weighted by Crippen LogP contribution is -2.17. The van der Waals surface area contributed by atoms with Gasteiger partial charge in [0.25, 0.3) is 0 Å². The highest BCUT2D eigenvalue weighted by Crippen LogP contribution is 2.42. The van der Waals surface area contributed by atoms with Gasteiger partial charge in [-0.15, -0.1) is 0 Å². The van der Waals surface area contributed by atoms with Gasteiger partial charge in [-0.1, -0.05) is 36.4 Å². The van der Waals surface area contributed by atoms with Crippen molar-refractivity contribution in [3.63, 3.8) is 0 Å². The number of fused-ring (bicyclic) bond motifs is 2. The summed E-state index contributed by atoms with van der Waals surface area (Å²) in [6, 6.07) is 17.2. The van der Waals surface area contributed by atoms with E-state index in [0.29, 0.717) is 47.0 Å². The van der Waals surface area contributed by atoms with E-state index in [9.17, 15) is 9.90 Å². The molecule has 0 fully saturated rings. The normalized spacial score (nSPS) is 15.3. The molecule has 2 aliphatic heterocycles. The number of benzene rings is 3. The topological polar surface area (TPSA) is 68.2 Å². The van der Waals surface area contributed by atoms with Crippen LogP contribution in [0.15, 0.2) is 60.4 Å². The number of nitrogens with zero attached hydrogens (tertiary/aromatic N) is 1. The minimum Gasteiger partial charge on any atom is -0.507 e. The lowest BCUT2D eigenvalue weighted by Gasteiger charge is -2.19. The van der Waals surface area contributed by atoms with Crippen molar-refractivity contribution >= 4 is 11.9 Å². The summed E-state index contributed by atoms with van der Waals surface area (Å²) < 4.78 is 16.8. The largest absolute Gasteiger partial charge is 0.507 e.